The van der Waals surface area contributed by atoms with Gasteiger partial charge in [-0.25, -0.2) is 13.4 Å². The highest BCUT2D eigenvalue weighted by Crippen LogP contribution is 2.29. The molecular formula is C17H16F2N2O3S3. The van der Waals surface area contributed by atoms with E-state index in [9.17, 15) is 22.0 Å². The Kier molecular flexibility index (Phi) is 5.42. The number of benzene rings is 1. The zero-order chi connectivity index (χ0) is 19.9. The number of aryl methyl sites for hydroxylation is 2. The number of nitrogens with zero attached hydrogens (tertiary/aromatic N) is 2. The normalized spacial score (nSPS) is 12.2. The van der Waals surface area contributed by atoms with Crippen molar-refractivity contribution < 1.29 is 17.2 Å². The molecule has 0 spiro atoms. The molecule has 2 aromatic heterocycles. The summed E-state index contributed by atoms with van der Waals surface area (Å²) in [4.78, 5) is 18.5. The van der Waals surface area contributed by atoms with Gasteiger partial charge in [0.2, 0.25) is 9.84 Å². The van der Waals surface area contributed by atoms with E-state index in [-0.39, 0.29) is 5.56 Å². The van der Waals surface area contributed by atoms with Gasteiger partial charge in [0, 0.05) is 17.7 Å². The van der Waals surface area contributed by atoms with E-state index in [1.54, 1.807) is 7.05 Å². The van der Waals surface area contributed by atoms with Crippen LogP contribution in [0.4, 0.5) is 8.78 Å². The van der Waals surface area contributed by atoms with Crippen molar-refractivity contribution in [2.45, 2.75) is 35.4 Å². The van der Waals surface area contributed by atoms with Crippen LogP contribution in [0.15, 0.2) is 39.1 Å². The zero-order valence-corrected chi connectivity index (χ0v) is 17.1. The number of fused-ring (bicyclic) bond motifs is 1. The minimum atomic E-state index is -4.60. The lowest BCUT2D eigenvalue weighted by molar-refractivity contribution is 0.234. The predicted molar refractivity (Wildman–Crippen MR) is 104 cm³/mol. The molecule has 3 rings (SSSR count). The number of halogens is 2. The Morgan fingerprint density at radius 3 is 2.44 bits per heavy atom. The molecule has 0 unspecified atom stereocenters. The smallest absolute Gasteiger partial charge is 0.290 e. The van der Waals surface area contributed by atoms with Crippen molar-refractivity contribution in [2.75, 3.05) is 0 Å². The van der Waals surface area contributed by atoms with Crippen molar-refractivity contribution in [3.05, 3.63) is 50.6 Å². The fourth-order valence-corrected chi connectivity index (χ4v) is 5.23. The molecule has 27 heavy (non-hydrogen) atoms. The number of thioether (sulfide) groups is 1. The summed E-state index contributed by atoms with van der Waals surface area (Å²) >= 11 is 2.79. The maximum absolute atomic E-state index is 12.6. The minimum absolute atomic E-state index is 0.109. The van der Waals surface area contributed by atoms with Gasteiger partial charge in [-0.1, -0.05) is 23.9 Å². The van der Waals surface area contributed by atoms with Crippen LogP contribution in [-0.2, 0) is 22.6 Å². The SMILES string of the molecule is Cc1sc2nc(SCc3ccc(S(=O)(=O)C(F)F)cc3)n(C)c(=O)c2c1C. The quantitative estimate of drug-likeness (QED) is 0.454. The number of rotatable bonds is 5. The van der Waals surface area contributed by atoms with E-state index in [4.69, 9.17) is 0 Å². The molecule has 0 fully saturated rings. The lowest BCUT2D eigenvalue weighted by Crippen LogP contribution is -2.19. The molecule has 0 aliphatic rings. The topological polar surface area (TPSA) is 69.0 Å². The summed E-state index contributed by atoms with van der Waals surface area (Å²) in [6.45, 7) is 3.85. The Balaban J connectivity index is 1.85. The molecule has 3 aromatic rings. The summed E-state index contributed by atoms with van der Waals surface area (Å²) in [7, 11) is -2.94. The molecule has 0 amide bonds. The van der Waals surface area contributed by atoms with E-state index in [1.165, 1.54) is 51.9 Å². The molecule has 0 saturated heterocycles. The first-order chi connectivity index (χ1) is 12.6. The molecule has 10 heteroatoms. The van der Waals surface area contributed by atoms with Crippen LogP contribution in [0.1, 0.15) is 16.0 Å². The Morgan fingerprint density at radius 1 is 1.22 bits per heavy atom. The van der Waals surface area contributed by atoms with Crippen LogP contribution in [0.2, 0.25) is 0 Å². The van der Waals surface area contributed by atoms with Crippen molar-refractivity contribution >= 4 is 43.2 Å². The van der Waals surface area contributed by atoms with Gasteiger partial charge in [-0.15, -0.1) is 11.3 Å². The third kappa shape index (κ3) is 3.65. The average Bonchev–Trinajstić information content (AvgIpc) is 2.91. The average molecular weight is 431 g/mol. The third-order valence-corrected chi connectivity index (χ3v) is 7.82. The number of thiophene rings is 1. The van der Waals surface area contributed by atoms with Crippen molar-refractivity contribution in [2.24, 2.45) is 7.05 Å². The molecule has 0 aliphatic heterocycles. The fraction of sp³-hybridized carbons (Fsp3) is 0.294. The number of alkyl halides is 2. The van der Waals surface area contributed by atoms with E-state index in [0.717, 1.165) is 16.0 Å². The third-order valence-electron chi connectivity index (χ3n) is 4.22. The largest absolute Gasteiger partial charge is 0.341 e. The van der Waals surface area contributed by atoms with Crippen molar-refractivity contribution in [3.8, 4) is 0 Å². The van der Waals surface area contributed by atoms with Gasteiger partial charge >= 0.3 is 5.76 Å². The molecule has 0 bridgehead atoms. The van der Waals surface area contributed by atoms with Crippen molar-refractivity contribution in [1.29, 1.82) is 0 Å². The number of hydrogen-bond donors (Lipinski definition) is 0. The Labute approximate surface area is 163 Å². The second-order valence-electron chi connectivity index (χ2n) is 5.96. The molecule has 0 aliphatic carbocycles. The van der Waals surface area contributed by atoms with Crippen LogP contribution < -0.4 is 5.56 Å². The monoisotopic (exact) mass is 430 g/mol. The second-order valence-corrected chi connectivity index (χ2v) is 10.0. The van der Waals surface area contributed by atoms with Gasteiger partial charge in [-0.3, -0.25) is 9.36 Å². The molecule has 0 atom stereocenters. The molecule has 5 nitrogen and oxygen atoms in total. The second kappa shape index (κ2) is 7.33. The van der Waals surface area contributed by atoms with Gasteiger partial charge in [0.05, 0.1) is 10.3 Å². The first-order valence-corrected chi connectivity index (χ1v) is 11.2. The van der Waals surface area contributed by atoms with Gasteiger partial charge < -0.3 is 0 Å². The van der Waals surface area contributed by atoms with Crippen molar-refractivity contribution in [1.82, 2.24) is 9.55 Å². The van der Waals surface area contributed by atoms with Crippen LogP contribution in [0.3, 0.4) is 0 Å². The Morgan fingerprint density at radius 2 is 1.85 bits per heavy atom. The van der Waals surface area contributed by atoms with Crippen LogP contribution >= 0.6 is 23.1 Å². The number of hydrogen-bond acceptors (Lipinski definition) is 6. The van der Waals surface area contributed by atoms with E-state index < -0.39 is 20.5 Å². The van der Waals surface area contributed by atoms with Gasteiger partial charge in [0.1, 0.15) is 4.83 Å². The highest BCUT2D eigenvalue weighted by molar-refractivity contribution is 7.98. The molecule has 144 valence electrons. The lowest BCUT2D eigenvalue weighted by atomic mass is 10.2. The highest BCUT2D eigenvalue weighted by Gasteiger charge is 2.26. The summed E-state index contributed by atoms with van der Waals surface area (Å²) in [6, 6.07) is 5.30. The molecule has 0 saturated carbocycles. The molecule has 0 radical (unpaired) electrons. The highest BCUT2D eigenvalue weighted by atomic mass is 32.2. The molecule has 1 aromatic carbocycles. The Hall–Kier alpha value is -1.78. The molecular weight excluding hydrogens is 414 g/mol. The van der Waals surface area contributed by atoms with Crippen LogP contribution in [-0.4, -0.2) is 23.7 Å². The summed E-state index contributed by atoms with van der Waals surface area (Å²) < 4.78 is 49.6. The summed E-state index contributed by atoms with van der Waals surface area (Å²) in [6.07, 6.45) is 0. The zero-order valence-electron chi connectivity index (χ0n) is 14.7. The number of aromatic nitrogens is 2. The molecule has 0 N–H and O–H groups in total. The van der Waals surface area contributed by atoms with Gasteiger partial charge in [0.15, 0.2) is 5.16 Å². The van der Waals surface area contributed by atoms with Crippen LogP contribution in [0, 0.1) is 13.8 Å². The summed E-state index contributed by atoms with van der Waals surface area (Å²) in [5.41, 5.74) is 1.57. The van der Waals surface area contributed by atoms with E-state index in [0.29, 0.717) is 21.1 Å². The molecule has 2 heterocycles. The van der Waals surface area contributed by atoms with Gasteiger partial charge in [0.25, 0.3) is 5.56 Å². The minimum Gasteiger partial charge on any atom is -0.290 e. The first kappa shape index (κ1) is 20.0. The van der Waals surface area contributed by atoms with Crippen LogP contribution in [0.5, 0.6) is 0 Å². The summed E-state index contributed by atoms with van der Waals surface area (Å²) in [5.74, 6) is -3.02. The Bertz CT molecular complexity index is 1170. The van der Waals surface area contributed by atoms with Crippen molar-refractivity contribution in [3.63, 3.8) is 0 Å². The van der Waals surface area contributed by atoms with E-state index in [2.05, 4.69) is 4.98 Å². The van der Waals surface area contributed by atoms with Gasteiger partial charge in [-0.05, 0) is 37.1 Å². The number of sulfone groups is 1. The van der Waals surface area contributed by atoms with E-state index >= 15 is 0 Å². The first-order valence-electron chi connectivity index (χ1n) is 7.83. The maximum atomic E-state index is 12.6. The summed E-state index contributed by atoms with van der Waals surface area (Å²) in [5, 5.41) is 1.17. The van der Waals surface area contributed by atoms with E-state index in [1.807, 2.05) is 13.8 Å². The lowest BCUT2D eigenvalue weighted by Gasteiger charge is -2.08. The fourth-order valence-electron chi connectivity index (χ4n) is 2.51. The predicted octanol–water partition coefficient (Wildman–Crippen LogP) is 3.90. The standard InChI is InChI=1S/C17H16F2N2O3S3/c1-9-10(2)26-14-13(9)15(22)21(3)17(20-14)25-8-11-4-6-12(7-5-11)27(23,24)16(18)19/h4-7,16H,8H2,1-3H3. The maximum Gasteiger partial charge on any atom is 0.341 e. The van der Waals surface area contributed by atoms with Crippen LogP contribution in [0.25, 0.3) is 10.2 Å². The van der Waals surface area contributed by atoms with Gasteiger partial charge in [-0.2, -0.15) is 8.78 Å².